The number of alkyl halides is 2. The van der Waals surface area contributed by atoms with Gasteiger partial charge in [0.1, 0.15) is 0 Å². The van der Waals surface area contributed by atoms with E-state index in [0.717, 1.165) is 12.1 Å². The Labute approximate surface area is 130 Å². The highest BCUT2D eigenvalue weighted by Crippen LogP contribution is 2.46. The second kappa shape index (κ2) is 6.70. The van der Waals surface area contributed by atoms with E-state index in [1.807, 2.05) is 0 Å². The zero-order valence-corrected chi connectivity index (χ0v) is 12.3. The fourth-order valence-corrected chi connectivity index (χ4v) is 2.98. The van der Waals surface area contributed by atoms with E-state index in [1.54, 1.807) is 30.3 Å². The van der Waals surface area contributed by atoms with Crippen molar-refractivity contribution in [2.45, 2.75) is 16.1 Å². The standard InChI is InChI=1S/C16H13F2NO2S/c1-2-15(12-7-6-8-13(11-12)19(20)21)16(17,18)22-14-9-4-3-5-10-14/h2-11,15H,1H2. The third-order valence-corrected chi connectivity index (χ3v) is 4.07. The van der Waals surface area contributed by atoms with E-state index >= 15 is 0 Å². The number of rotatable bonds is 6. The number of nitro benzene ring substituents is 1. The summed E-state index contributed by atoms with van der Waals surface area (Å²) in [6, 6.07) is 13.5. The predicted molar refractivity (Wildman–Crippen MR) is 83.3 cm³/mol. The Morgan fingerprint density at radius 2 is 1.86 bits per heavy atom. The largest absolute Gasteiger partial charge is 0.308 e. The molecule has 114 valence electrons. The Balaban J connectivity index is 2.32. The molecule has 0 N–H and O–H groups in total. The molecule has 1 atom stereocenters. The number of hydrogen-bond donors (Lipinski definition) is 0. The van der Waals surface area contributed by atoms with Crippen LogP contribution in [-0.4, -0.2) is 10.2 Å². The predicted octanol–water partition coefficient (Wildman–Crippen LogP) is 5.25. The highest BCUT2D eigenvalue weighted by Gasteiger charge is 2.40. The van der Waals surface area contributed by atoms with Gasteiger partial charge in [-0.1, -0.05) is 48.2 Å². The lowest BCUT2D eigenvalue weighted by Gasteiger charge is -2.24. The van der Waals surface area contributed by atoms with Gasteiger partial charge in [-0.05, 0) is 17.7 Å². The molecule has 0 aliphatic heterocycles. The third-order valence-electron chi connectivity index (χ3n) is 3.04. The van der Waals surface area contributed by atoms with Crippen molar-refractivity contribution in [1.82, 2.24) is 0 Å². The van der Waals surface area contributed by atoms with Gasteiger partial charge in [-0.15, -0.1) is 6.58 Å². The van der Waals surface area contributed by atoms with Crippen molar-refractivity contribution >= 4 is 17.4 Å². The van der Waals surface area contributed by atoms with E-state index in [0.29, 0.717) is 16.7 Å². The molecule has 0 spiro atoms. The van der Waals surface area contributed by atoms with Crippen LogP contribution in [0, 0.1) is 10.1 Å². The minimum atomic E-state index is -3.17. The molecule has 0 aliphatic rings. The monoisotopic (exact) mass is 321 g/mol. The lowest BCUT2D eigenvalue weighted by molar-refractivity contribution is -0.384. The molecular weight excluding hydrogens is 308 g/mol. The number of thioether (sulfide) groups is 1. The van der Waals surface area contributed by atoms with Crippen LogP contribution in [0.1, 0.15) is 11.5 Å². The number of hydrogen-bond acceptors (Lipinski definition) is 3. The normalized spacial score (nSPS) is 12.6. The molecule has 6 heteroatoms. The van der Waals surface area contributed by atoms with Crippen molar-refractivity contribution in [1.29, 1.82) is 0 Å². The molecule has 0 heterocycles. The fraction of sp³-hybridized carbons (Fsp3) is 0.125. The Bertz CT molecular complexity index is 677. The van der Waals surface area contributed by atoms with Crippen LogP contribution in [0.2, 0.25) is 0 Å². The summed E-state index contributed by atoms with van der Waals surface area (Å²) in [5.41, 5.74) is -0.0532. The van der Waals surface area contributed by atoms with Crippen molar-refractivity contribution < 1.29 is 13.7 Å². The van der Waals surface area contributed by atoms with E-state index in [1.165, 1.54) is 18.2 Å². The summed E-state index contributed by atoms with van der Waals surface area (Å²) >= 11 is 0.413. The SMILES string of the molecule is C=CC(c1cccc([N+](=O)[O-])c1)C(F)(F)Sc1ccccc1. The summed E-state index contributed by atoms with van der Waals surface area (Å²) in [5, 5.41) is 7.62. The van der Waals surface area contributed by atoms with Gasteiger partial charge in [-0.2, -0.15) is 8.78 Å². The molecule has 0 amide bonds. The molecule has 0 radical (unpaired) electrons. The number of nitro groups is 1. The van der Waals surface area contributed by atoms with Crippen molar-refractivity contribution in [2.24, 2.45) is 0 Å². The fourth-order valence-electron chi connectivity index (χ4n) is 2.01. The summed E-state index contributed by atoms with van der Waals surface area (Å²) in [6.07, 6.45) is 1.12. The van der Waals surface area contributed by atoms with E-state index < -0.39 is 16.1 Å². The smallest absolute Gasteiger partial charge is 0.258 e. The molecule has 0 bridgehead atoms. The van der Waals surface area contributed by atoms with Gasteiger partial charge < -0.3 is 0 Å². The van der Waals surface area contributed by atoms with Gasteiger partial charge in [0.05, 0.1) is 10.8 Å². The molecule has 2 rings (SSSR count). The lowest BCUT2D eigenvalue weighted by atomic mass is 9.99. The molecule has 0 aliphatic carbocycles. The zero-order valence-electron chi connectivity index (χ0n) is 11.5. The molecule has 0 saturated carbocycles. The van der Waals surface area contributed by atoms with Gasteiger partial charge in [-0.3, -0.25) is 10.1 Å². The van der Waals surface area contributed by atoms with Crippen LogP contribution < -0.4 is 0 Å². The molecule has 0 fully saturated rings. The van der Waals surface area contributed by atoms with E-state index in [4.69, 9.17) is 0 Å². The highest BCUT2D eigenvalue weighted by atomic mass is 32.2. The molecule has 3 nitrogen and oxygen atoms in total. The molecule has 0 saturated heterocycles. The average Bonchev–Trinajstić information content (AvgIpc) is 2.48. The van der Waals surface area contributed by atoms with Crippen molar-refractivity contribution in [3.63, 3.8) is 0 Å². The number of benzene rings is 2. The summed E-state index contributed by atoms with van der Waals surface area (Å²) in [6.45, 7) is 3.46. The summed E-state index contributed by atoms with van der Waals surface area (Å²) < 4.78 is 29.0. The number of non-ortho nitro benzene ring substituents is 1. The second-order valence-corrected chi connectivity index (χ2v) is 5.76. The van der Waals surface area contributed by atoms with Gasteiger partial charge in [-0.25, -0.2) is 0 Å². The molecule has 2 aromatic carbocycles. The number of nitrogens with zero attached hydrogens (tertiary/aromatic N) is 1. The van der Waals surface area contributed by atoms with Crippen LogP contribution in [0.15, 0.2) is 72.1 Å². The van der Waals surface area contributed by atoms with E-state index in [-0.39, 0.29) is 11.3 Å². The topological polar surface area (TPSA) is 43.1 Å². The van der Waals surface area contributed by atoms with Crippen LogP contribution in [0.4, 0.5) is 14.5 Å². The van der Waals surface area contributed by atoms with Crippen molar-refractivity contribution in [3.8, 4) is 0 Å². The van der Waals surface area contributed by atoms with E-state index in [2.05, 4.69) is 6.58 Å². The van der Waals surface area contributed by atoms with Crippen LogP contribution in [0.25, 0.3) is 0 Å². The van der Waals surface area contributed by atoms with Crippen molar-refractivity contribution in [2.75, 3.05) is 0 Å². The Hall–Kier alpha value is -2.21. The van der Waals surface area contributed by atoms with Gasteiger partial charge >= 0.3 is 5.25 Å². The molecule has 0 aromatic heterocycles. The third kappa shape index (κ3) is 3.71. The maximum absolute atomic E-state index is 14.5. The van der Waals surface area contributed by atoms with Gasteiger partial charge in [0.2, 0.25) is 0 Å². The quantitative estimate of drug-likeness (QED) is 0.316. The minimum Gasteiger partial charge on any atom is -0.258 e. The average molecular weight is 321 g/mol. The van der Waals surface area contributed by atoms with Crippen LogP contribution >= 0.6 is 11.8 Å². The van der Waals surface area contributed by atoms with Crippen LogP contribution in [0.5, 0.6) is 0 Å². The van der Waals surface area contributed by atoms with Gasteiger partial charge in [0, 0.05) is 17.0 Å². The molecule has 1 unspecified atom stereocenters. The van der Waals surface area contributed by atoms with Gasteiger partial charge in [0.15, 0.2) is 0 Å². The van der Waals surface area contributed by atoms with Gasteiger partial charge in [0.25, 0.3) is 5.69 Å². The summed E-state index contributed by atoms with van der Waals surface area (Å²) in [5.74, 6) is -1.32. The molecular formula is C16H13F2NO2S. The number of halogens is 2. The van der Waals surface area contributed by atoms with Crippen molar-refractivity contribution in [3.05, 3.63) is 82.9 Å². The first-order valence-electron chi connectivity index (χ1n) is 6.43. The van der Waals surface area contributed by atoms with Crippen LogP contribution in [0.3, 0.4) is 0 Å². The first-order chi connectivity index (χ1) is 10.4. The first-order valence-corrected chi connectivity index (χ1v) is 7.24. The second-order valence-electron chi connectivity index (χ2n) is 4.54. The first kappa shape index (κ1) is 16.2. The van der Waals surface area contributed by atoms with E-state index in [9.17, 15) is 18.9 Å². The number of allylic oxidation sites excluding steroid dienone is 1. The summed E-state index contributed by atoms with van der Waals surface area (Å²) in [4.78, 5) is 10.6. The molecule has 22 heavy (non-hydrogen) atoms. The minimum absolute atomic E-state index is 0.164. The maximum atomic E-state index is 14.5. The summed E-state index contributed by atoms with van der Waals surface area (Å²) in [7, 11) is 0. The Morgan fingerprint density at radius 1 is 1.18 bits per heavy atom. The maximum Gasteiger partial charge on any atom is 0.308 e. The lowest BCUT2D eigenvalue weighted by Crippen LogP contribution is -2.20. The molecule has 2 aromatic rings. The Kier molecular flexibility index (Phi) is 4.92. The Morgan fingerprint density at radius 3 is 2.45 bits per heavy atom. The highest BCUT2D eigenvalue weighted by molar-refractivity contribution is 8.00. The van der Waals surface area contributed by atoms with Crippen LogP contribution in [-0.2, 0) is 0 Å². The zero-order chi connectivity index (χ0) is 16.2.